The largest absolute Gasteiger partial charge is 0.456 e. The zero-order valence-corrected chi connectivity index (χ0v) is 15.1. The highest BCUT2D eigenvalue weighted by atomic mass is 16.3. The third-order valence-corrected chi connectivity index (χ3v) is 8.00. The molecule has 6 aliphatic rings. The van der Waals surface area contributed by atoms with Crippen LogP contribution in [0.25, 0.3) is 21.9 Å². The van der Waals surface area contributed by atoms with Crippen LogP contribution in [0.1, 0.15) is 51.0 Å². The molecule has 3 aliphatic carbocycles. The molecule has 1 atom stereocenters. The molecule has 25 heavy (non-hydrogen) atoms. The van der Waals surface area contributed by atoms with E-state index in [0.29, 0.717) is 17.0 Å². The Morgan fingerprint density at radius 1 is 0.920 bits per heavy atom. The average Bonchev–Trinajstić information content (AvgIpc) is 3.00. The zero-order chi connectivity index (χ0) is 16.8. The first-order valence-electron chi connectivity index (χ1n) is 9.83. The van der Waals surface area contributed by atoms with Crippen LogP contribution in [0.15, 0.2) is 40.8 Å². The van der Waals surface area contributed by atoms with E-state index in [0.717, 1.165) is 11.2 Å². The van der Waals surface area contributed by atoms with E-state index in [2.05, 4.69) is 55.1 Å². The van der Waals surface area contributed by atoms with Crippen molar-refractivity contribution in [3.63, 3.8) is 0 Å². The monoisotopic (exact) mass is 331 g/mol. The van der Waals surface area contributed by atoms with Crippen LogP contribution in [-0.2, 0) is 0 Å². The van der Waals surface area contributed by atoms with Gasteiger partial charge in [-0.2, -0.15) is 0 Å². The van der Waals surface area contributed by atoms with Gasteiger partial charge in [-0.15, -0.1) is 0 Å². The quantitative estimate of drug-likeness (QED) is 0.528. The number of rotatable bonds is 1. The minimum atomic E-state index is 0.414. The Morgan fingerprint density at radius 3 is 2.36 bits per heavy atom. The van der Waals surface area contributed by atoms with Crippen LogP contribution in [0.4, 0.5) is 5.69 Å². The topological polar surface area (TPSA) is 16.4 Å². The Balaban J connectivity index is 1.60. The molecule has 2 heteroatoms. The highest BCUT2D eigenvalue weighted by Gasteiger charge is 2.61. The Bertz CT molecular complexity index is 989. The van der Waals surface area contributed by atoms with Crippen molar-refractivity contribution in [1.82, 2.24) is 0 Å². The van der Waals surface area contributed by atoms with Crippen molar-refractivity contribution in [3.8, 4) is 0 Å². The second-order valence-electron chi connectivity index (χ2n) is 8.87. The molecule has 1 aromatic heterocycles. The van der Waals surface area contributed by atoms with Gasteiger partial charge in [-0.1, -0.05) is 18.2 Å². The number of benzene rings is 2. The van der Waals surface area contributed by atoms with Gasteiger partial charge in [0.05, 0.1) is 0 Å². The molecule has 0 N–H and O–H groups in total. The summed E-state index contributed by atoms with van der Waals surface area (Å²) in [6, 6.07) is 13.8. The van der Waals surface area contributed by atoms with Crippen LogP contribution in [0.3, 0.4) is 0 Å². The molecule has 3 saturated carbocycles. The fraction of sp³-hybridized carbons (Fsp3) is 0.478. The van der Waals surface area contributed by atoms with E-state index in [1.54, 1.807) is 0 Å². The molecule has 0 amide bonds. The van der Waals surface area contributed by atoms with E-state index in [9.17, 15) is 0 Å². The number of fused-ring (bicyclic) bond motifs is 3. The highest BCUT2D eigenvalue weighted by Crippen LogP contribution is 2.64. The number of piperidine rings is 3. The summed E-state index contributed by atoms with van der Waals surface area (Å²) in [6.45, 7) is 4.75. The maximum absolute atomic E-state index is 6.10. The van der Waals surface area contributed by atoms with Crippen LogP contribution < -0.4 is 4.90 Å². The summed E-state index contributed by atoms with van der Waals surface area (Å²) in [5, 5.41) is 2.52. The van der Waals surface area contributed by atoms with E-state index >= 15 is 0 Å². The third-order valence-electron chi connectivity index (χ3n) is 8.00. The SMILES string of the molecule is Cc1cc2oc3ccccc3c2cc1N1[C@@H](C)C23CCC1(CC2)CC3. The first kappa shape index (κ1) is 14.2. The van der Waals surface area contributed by atoms with Crippen LogP contribution in [0.2, 0.25) is 0 Å². The van der Waals surface area contributed by atoms with Crippen molar-refractivity contribution < 1.29 is 4.42 Å². The van der Waals surface area contributed by atoms with Crippen LogP contribution in [0, 0.1) is 12.3 Å². The molecular formula is C23H25NO. The zero-order valence-electron chi connectivity index (χ0n) is 15.1. The second kappa shape index (κ2) is 4.41. The maximum Gasteiger partial charge on any atom is 0.135 e. The maximum atomic E-state index is 6.10. The summed E-state index contributed by atoms with van der Waals surface area (Å²) in [7, 11) is 0. The van der Waals surface area contributed by atoms with Crippen molar-refractivity contribution in [2.75, 3.05) is 4.90 Å². The minimum Gasteiger partial charge on any atom is -0.456 e. The van der Waals surface area contributed by atoms with Crippen LogP contribution >= 0.6 is 0 Å². The number of aryl methyl sites for hydroxylation is 1. The predicted molar refractivity (Wildman–Crippen MR) is 103 cm³/mol. The molecule has 2 aromatic carbocycles. The number of hydrogen-bond acceptors (Lipinski definition) is 2. The van der Waals surface area contributed by atoms with E-state index in [4.69, 9.17) is 4.42 Å². The number of nitrogens with zero attached hydrogens (tertiary/aromatic N) is 1. The predicted octanol–water partition coefficient (Wildman–Crippen LogP) is 6.20. The first-order valence-corrected chi connectivity index (χ1v) is 9.83. The van der Waals surface area contributed by atoms with Gasteiger partial charge in [0.25, 0.3) is 0 Å². The molecule has 3 aromatic rings. The summed E-state index contributed by atoms with van der Waals surface area (Å²) in [5.74, 6) is 0. The fourth-order valence-corrected chi connectivity index (χ4v) is 6.45. The standard InChI is InChI=1S/C23H25NO/c1-15-13-21-18(17-5-3-4-6-20(17)25-21)14-19(15)24-16(2)22-7-10-23(24,11-8-22)12-9-22/h3-6,13-14,16H,7-12H2,1-2H3/t16-,22?,23?/m0/s1. The molecule has 0 radical (unpaired) electrons. The van der Waals surface area contributed by atoms with Gasteiger partial charge in [-0.3, -0.25) is 0 Å². The lowest BCUT2D eigenvalue weighted by atomic mass is 9.49. The average molecular weight is 331 g/mol. The number of hydrogen-bond donors (Lipinski definition) is 0. The van der Waals surface area contributed by atoms with Gasteiger partial charge in [0.1, 0.15) is 11.2 Å². The van der Waals surface area contributed by atoms with Gasteiger partial charge in [0.2, 0.25) is 0 Å². The van der Waals surface area contributed by atoms with Crippen molar-refractivity contribution in [2.45, 2.75) is 64.0 Å². The molecule has 6 fully saturated rings. The van der Waals surface area contributed by atoms with Crippen molar-refractivity contribution >= 4 is 27.6 Å². The van der Waals surface area contributed by atoms with Crippen LogP contribution in [-0.4, -0.2) is 11.6 Å². The molecule has 0 unspecified atom stereocenters. The molecule has 3 aliphatic heterocycles. The van der Waals surface area contributed by atoms with Gasteiger partial charge >= 0.3 is 0 Å². The molecule has 128 valence electrons. The van der Waals surface area contributed by atoms with Gasteiger partial charge in [-0.25, -0.2) is 0 Å². The van der Waals surface area contributed by atoms with Gasteiger partial charge < -0.3 is 9.32 Å². The normalized spacial score (nSPS) is 33.7. The highest BCUT2D eigenvalue weighted by molar-refractivity contribution is 6.06. The van der Waals surface area contributed by atoms with Crippen molar-refractivity contribution in [2.24, 2.45) is 5.41 Å². The summed E-state index contributed by atoms with van der Waals surface area (Å²) in [5.41, 5.74) is 5.83. The summed E-state index contributed by atoms with van der Waals surface area (Å²) >= 11 is 0. The molecule has 9 rings (SSSR count). The van der Waals surface area contributed by atoms with Crippen molar-refractivity contribution in [1.29, 1.82) is 0 Å². The number of anilines is 1. The number of para-hydroxylation sites is 1. The lowest BCUT2D eigenvalue weighted by Gasteiger charge is -2.70. The molecule has 3 saturated heterocycles. The minimum absolute atomic E-state index is 0.414. The fourth-order valence-electron chi connectivity index (χ4n) is 6.45. The van der Waals surface area contributed by atoms with Gasteiger partial charge in [0.15, 0.2) is 0 Å². The van der Waals surface area contributed by atoms with Gasteiger partial charge in [0, 0.05) is 28.0 Å². The Morgan fingerprint density at radius 2 is 1.64 bits per heavy atom. The summed E-state index contributed by atoms with van der Waals surface area (Å²) < 4.78 is 6.10. The third kappa shape index (κ3) is 1.61. The van der Waals surface area contributed by atoms with E-state index < -0.39 is 0 Å². The Kier molecular flexibility index (Phi) is 2.51. The smallest absolute Gasteiger partial charge is 0.135 e. The van der Waals surface area contributed by atoms with E-state index in [1.165, 1.54) is 60.5 Å². The van der Waals surface area contributed by atoms with E-state index in [-0.39, 0.29) is 0 Å². The van der Waals surface area contributed by atoms with Gasteiger partial charge in [-0.05, 0) is 81.5 Å². The lowest BCUT2D eigenvalue weighted by molar-refractivity contribution is -0.0447. The summed E-state index contributed by atoms with van der Waals surface area (Å²) in [4.78, 5) is 2.83. The first-order chi connectivity index (χ1) is 12.1. The lowest BCUT2D eigenvalue weighted by Crippen LogP contribution is -2.71. The second-order valence-corrected chi connectivity index (χ2v) is 8.87. The molecule has 2 bridgehead atoms. The van der Waals surface area contributed by atoms with Crippen molar-refractivity contribution in [3.05, 3.63) is 42.0 Å². The number of furan rings is 1. The van der Waals surface area contributed by atoms with Crippen LogP contribution in [0.5, 0.6) is 0 Å². The Labute approximate surface area is 148 Å². The molecular weight excluding hydrogens is 306 g/mol. The Hall–Kier alpha value is -1.96. The summed E-state index contributed by atoms with van der Waals surface area (Å²) in [6.07, 6.45) is 8.50. The molecule has 0 spiro atoms. The molecule has 4 heterocycles. The molecule has 2 nitrogen and oxygen atoms in total. The van der Waals surface area contributed by atoms with E-state index in [1.807, 2.05) is 0 Å².